The number of aromatic nitrogens is 1. The van der Waals surface area contributed by atoms with Crippen LogP contribution in [0.15, 0.2) is 140 Å². The van der Waals surface area contributed by atoms with Crippen molar-refractivity contribution in [1.82, 2.24) is 4.57 Å². The highest BCUT2D eigenvalue weighted by molar-refractivity contribution is 6.94. The molecule has 0 atom stereocenters. The van der Waals surface area contributed by atoms with Gasteiger partial charge in [0, 0.05) is 44.2 Å². The van der Waals surface area contributed by atoms with Crippen molar-refractivity contribution in [2.24, 2.45) is 0 Å². The molecule has 0 amide bonds. The molecule has 0 saturated carbocycles. The van der Waals surface area contributed by atoms with E-state index in [2.05, 4.69) is 218 Å². The molecule has 1 aromatic heterocycles. The summed E-state index contributed by atoms with van der Waals surface area (Å²) in [5, 5.41) is 2.78. The predicted octanol–water partition coefficient (Wildman–Crippen LogP) is 14.8. The molecule has 2 nitrogen and oxygen atoms in total. The fourth-order valence-corrected chi connectivity index (χ4v) is 13.5. The van der Waals surface area contributed by atoms with Gasteiger partial charge in [0.05, 0.1) is 11.0 Å². The average Bonchev–Trinajstić information content (AvgIpc) is 3.97. The van der Waals surface area contributed by atoms with Crippen LogP contribution in [0.1, 0.15) is 114 Å². The molecule has 14 rings (SSSR count). The first-order valence-electron chi connectivity index (χ1n) is 24.3. The third-order valence-electron chi connectivity index (χ3n) is 16.9. The second-order valence-corrected chi connectivity index (χ2v) is 23.3. The molecule has 2 aliphatic heterocycles. The molecular formula is C63H55BN2. The van der Waals surface area contributed by atoms with E-state index in [0.717, 1.165) is 6.42 Å². The molecular weight excluding hydrogens is 796 g/mol. The zero-order valence-corrected chi connectivity index (χ0v) is 40.0. The lowest BCUT2D eigenvalue weighted by atomic mass is 9.43. The standard InChI is InChI=1S/C63H55BN2/c1-60(2,3)37-23-26-39(27-24-37)66-52-30-36-29-35-17-11-12-18-40(35)43(36)32-46(52)55-54-42-20-14-16-22-48(42)63(9,10)57(54)56-45-31-38(61(4,5)6)25-28-51(45)65-53-33-44-41-19-13-15-21-47(41)62(7,8)49(44)34-50(53)64(66)58(55)59(56)65/h11-28,30-34H,29H2,1-10H3. The quantitative estimate of drug-likeness (QED) is 0.149. The van der Waals surface area contributed by atoms with E-state index in [1.807, 2.05) is 0 Å². The number of hydrogen-bond donors (Lipinski definition) is 0. The van der Waals surface area contributed by atoms with Crippen LogP contribution in [0.5, 0.6) is 0 Å². The first kappa shape index (κ1) is 38.7. The van der Waals surface area contributed by atoms with Gasteiger partial charge in [-0.1, -0.05) is 166 Å². The lowest BCUT2D eigenvalue weighted by molar-refractivity contribution is 0.590. The summed E-state index contributed by atoms with van der Waals surface area (Å²) in [6, 6.07) is 55.2. The van der Waals surface area contributed by atoms with Crippen molar-refractivity contribution in [3.05, 3.63) is 184 Å². The van der Waals surface area contributed by atoms with Crippen LogP contribution in [-0.2, 0) is 28.1 Å². The molecule has 0 N–H and O–H groups in total. The van der Waals surface area contributed by atoms with Gasteiger partial charge in [-0.05, 0) is 154 Å². The molecule has 0 unspecified atom stereocenters. The summed E-state index contributed by atoms with van der Waals surface area (Å²) in [4.78, 5) is 2.77. The molecule has 0 saturated heterocycles. The Balaban J connectivity index is 1.22. The number of anilines is 2. The fourth-order valence-electron chi connectivity index (χ4n) is 13.5. The molecule has 9 aromatic rings. The Labute approximate surface area is 390 Å². The van der Waals surface area contributed by atoms with Crippen molar-refractivity contribution < 1.29 is 0 Å². The zero-order chi connectivity index (χ0) is 45.1. The molecule has 3 heteroatoms. The Hall–Kier alpha value is -6.58. The first-order chi connectivity index (χ1) is 31.5. The Morgan fingerprint density at radius 2 is 1.15 bits per heavy atom. The first-order valence-corrected chi connectivity index (χ1v) is 24.3. The SMILES string of the molecule is CC(C)(C)c1ccc(N2B3c4cc5c(cc4-n4c6ccc(C(C)(C)C)cc6c6c7c(c(c3c64)-c3cc4c(cc32)Cc2ccccc2-4)-c2ccccc2C7(C)C)-c2ccccc2C5(C)C)cc1. The van der Waals surface area contributed by atoms with Gasteiger partial charge in [-0.2, -0.15) is 0 Å². The van der Waals surface area contributed by atoms with Crippen LogP contribution in [0.4, 0.5) is 11.4 Å². The molecule has 0 fully saturated rings. The van der Waals surface area contributed by atoms with Gasteiger partial charge in [0.25, 0.3) is 0 Å². The van der Waals surface area contributed by atoms with Crippen molar-refractivity contribution in [2.45, 2.75) is 97.3 Å². The van der Waals surface area contributed by atoms with E-state index < -0.39 is 0 Å². The highest BCUT2D eigenvalue weighted by atomic mass is 15.1. The molecule has 8 aromatic carbocycles. The normalized spacial score (nSPS) is 16.2. The highest BCUT2D eigenvalue weighted by Gasteiger charge is 2.51. The summed E-state index contributed by atoms with van der Waals surface area (Å²) in [5.74, 6) is 0. The van der Waals surface area contributed by atoms with E-state index in [1.54, 1.807) is 0 Å². The zero-order valence-electron chi connectivity index (χ0n) is 40.0. The second-order valence-electron chi connectivity index (χ2n) is 23.3. The van der Waals surface area contributed by atoms with E-state index in [0.29, 0.717) is 0 Å². The van der Waals surface area contributed by atoms with Crippen LogP contribution < -0.4 is 15.7 Å². The lowest BCUT2D eigenvalue weighted by Crippen LogP contribution is -2.61. The van der Waals surface area contributed by atoms with E-state index in [1.165, 1.54) is 139 Å². The van der Waals surface area contributed by atoms with Gasteiger partial charge >= 0.3 is 6.85 Å². The molecule has 0 spiro atoms. The number of hydrogen-bond acceptors (Lipinski definition) is 1. The maximum atomic E-state index is 2.77. The largest absolute Gasteiger partial charge is 0.376 e. The van der Waals surface area contributed by atoms with Crippen LogP contribution in [0.3, 0.4) is 0 Å². The predicted molar refractivity (Wildman–Crippen MR) is 281 cm³/mol. The minimum Gasteiger partial charge on any atom is -0.376 e. The Morgan fingerprint density at radius 1 is 0.500 bits per heavy atom. The molecule has 66 heavy (non-hydrogen) atoms. The van der Waals surface area contributed by atoms with E-state index >= 15 is 0 Å². The Morgan fingerprint density at radius 3 is 1.88 bits per heavy atom. The third kappa shape index (κ3) is 4.69. The van der Waals surface area contributed by atoms with Crippen LogP contribution in [0.2, 0.25) is 0 Å². The van der Waals surface area contributed by atoms with Gasteiger partial charge < -0.3 is 9.38 Å². The molecule has 5 aliphatic rings. The van der Waals surface area contributed by atoms with Crippen LogP contribution in [-0.4, -0.2) is 11.4 Å². The third-order valence-corrected chi connectivity index (χ3v) is 16.9. The number of nitrogens with zero attached hydrogens (tertiary/aromatic N) is 2. The highest BCUT2D eigenvalue weighted by Crippen LogP contribution is 2.60. The summed E-state index contributed by atoms with van der Waals surface area (Å²) in [6.45, 7) is 23.9. The topological polar surface area (TPSA) is 8.17 Å². The van der Waals surface area contributed by atoms with E-state index in [-0.39, 0.29) is 28.5 Å². The van der Waals surface area contributed by atoms with Crippen molar-refractivity contribution >= 4 is 51.0 Å². The van der Waals surface area contributed by atoms with Crippen LogP contribution >= 0.6 is 0 Å². The summed E-state index contributed by atoms with van der Waals surface area (Å²) < 4.78 is 2.73. The van der Waals surface area contributed by atoms with Gasteiger partial charge in [0.15, 0.2) is 0 Å². The summed E-state index contributed by atoms with van der Waals surface area (Å²) in [7, 11) is 0. The second kappa shape index (κ2) is 12.2. The van der Waals surface area contributed by atoms with Gasteiger partial charge in [-0.25, -0.2) is 0 Å². The van der Waals surface area contributed by atoms with Crippen molar-refractivity contribution in [3.8, 4) is 50.2 Å². The summed E-state index contributed by atoms with van der Waals surface area (Å²) >= 11 is 0. The Bertz CT molecular complexity index is 3690. The molecule has 3 heterocycles. The van der Waals surface area contributed by atoms with Crippen LogP contribution in [0.25, 0.3) is 72.0 Å². The monoisotopic (exact) mass is 850 g/mol. The van der Waals surface area contributed by atoms with Gasteiger partial charge in [-0.3, -0.25) is 0 Å². The average molecular weight is 851 g/mol. The molecule has 0 bridgehead atoms. The molecule has 3 aliphatic carbocycles. The van der Waals surface area contributed by atoms with Gasteiger partial charge in [0.2, 0.25) is 0 Å². The van der Waals surface area contributed by atoms with Crippen molar-refractivity contribution in [3.63, 3.8) is 0 Å². The van der Waals surface area contributed by atoms with E-state index in [9.17, 15) is 0 Å². The van der Waals surface area contributed by atoms with Crippen LogP contribution in [0, 0.1) is 0 Å². The van der Waals surface area contributed by atoms with Gasteiger partial charge in [-0.15, -0.1) is 0 Å². The number of fused-ring (bicyclic) bond motifs is 19. The van der Waals surface area contributed by atoms with Crippen molar-refractivity contribution in [2.75, 3.05) is 4.81 Å². The maximum Gasteiger partial charge on any atom is 0.333 e. The van der Waals surface area contributed by atoms with Crippen molar-refractivity contribution in [1.29, 1.82) is 0 Å². The number of benzene rings is 8. The van der Waals surface area contributed by atoms with Gasteiger partial charge in [0.1, 0.15) is 0 Å². The van der Waals surface area contributed by atoms with E-state index in [4.69, 9.17) is 0 Å². The summed E-state index contributed by atoms with van der Waals surface area (Å²) in [5.41, 5.74) is 31.2. The maximum absolute atomic E-state index is 2.77. The number of rotatable bonds is 1. The summed E-state index contributed by atoms with van der Waals surface area (Å²) in [6.07, 6.45) is 0.945. The molecule has 0 radical (unpaired) electrons. The minimum absolute atomic E-state index is 0.0131. The minimum atomic E-state index is -0.238. The Kier molecular flexibility index (Phi) is 7.18. The molecule has 320 valence electrons. The lowest BCUT2D eigenvalue weighted by Gasteiger charge is -2.44. The smallest absolute Gasteiger partial charge is 0.333 e. The fraction of sp³-hybridized carbons (Fsp3) is 0.238.